The van der Waals surface area contributed by atoms with E-state index in [1.807, 2.05) is 0 Å². The number of aromatic nitrogens is 2. The van der Waals surface area contributed by atoms with E-state index in [2.05, 4.69) is 15.3 Å². The largest absolute Gasteiger partial charge is 0.433 e. The summed E-state index contributed by atoms with van der Waals surface area (Å²) in [4.78, 5) is 17.8. The number of anilines is 1. The number of carbonyl (C=O) groups excluding carboxylic acids is 1. The van der Waals surface area contributed by atoms with Crippen LogP contribution in [0.15, 0.2) is 6.07 Å². The molecule has 1 rings (SSSR count). The predicted molar refractivity (Wildman–Crippen MR) is 63.5 cm³/mol. The van der Waals surface area contributed by atoms with Gasteiger partial charge in [-0.25, -0.2) is 9.97 Å². The molecule has 0 radical (unpaired) electrons. The van der Waals surface area contributed by atoms with Crippen molar-refractivity contribution < 1.29 is 18.0 Å². The molecule has 0 aliphatic carbocycles. The van der Waals surface area contributed by atoms with Crippen LogP contribution in [0.5, 0.6) is 0 Å². The van der Waals surface area contributed by atoms with E-state index in [9.17, 15) is 18.0 Å². The zero-order valence-electron chi connectivity index (χ0n) is 10.2. The van der Waals surface area contributed by atoms with Gasteiger partial charge in [0.2, 0.25) is 11.2 Å². The monoisotopic (exact) mass is 296 g/mol. The first kappa shape index (κ1) is 15.5. The molecule has 0 atom stereocenters. The Bertz CT molecular complexity index is 490. The van der Waals surface area contributed by atoms with Crippen LogP contribution in [0, 0.1) is 5.41 Å². The smallest absolute Gasteiger partial charge is 0.369 e. The third-order valence-corrected chi connectivity index (χ3v) is 2.54. The number of amides is 1. The van der Waals surface area contributed by atoms with E-state index in [1.165, 1.54) is 0 Å². The third kappa shape index (κ3) is 4.23. The molecule has 1 heterocycles. The van der Waals surface area contributed by atoms with Crippen LogP contribution in [0.25, 0.3) is 0 Å². The number of carbonyl (C=O) groups is 1. The fourth-order valence-corrected chi connectivity index (χ4v) is 1.23. The van der Waals surface area contributed by atoms with E-state index in [4.69, 9.17) is 17.3 Å². The van der Waals surface area contributed by atoms with Gasteiger partial charge in [0.1, 0.15) is 5.82 Å². The van der Waals surface area contributed by atoms with Gasteiger partial charge >= 0.3 is 6.18 Å². The van der Waals surface area contributed by atoms with Gasteiger partial charge < -0.3 is 11.1 Å². The first-order chi connectivity index (χ1) is 8.52. The van der Waals surface area contributed by atoms with Gasteiger partial charge in [-0.1, -0.05) is 0 Å². The Morgan fingerprint density at radius 2 is 2.00 bits per heavy atom. The lowest BCUT2D eigenvalue weighted by atomic mass is 9.93. The number of nitrogens with zero attached hydrogens (tertiary/aromatic N) is 2. The van der Waals surface area contributed by atoms with E-state index < -0.39 is 28.5 Å². The van der Waals surface area contributed by atoms with Gasteiger partial charge in [-0.05, 0) is 25.4 Å². The van der Waals surface area contributed by atoms with Crippen molar-refractivity contribution in [3.05, 3.63) is 17.0 Å². The van der Waals surface area contributed by atoms with Crippen molar-refractivity contribution >= 4 is 23.3 Å². The lowest BCUT2D eigenvalue weighted by Crippen LogP contribution is -2.37. The molecule has 3 N–H and O–H groups in total. The Kier molecular flexibility index (Phi) is 4.24. The van der Waals surface area contributed by atoms with Crippen molar-refractivity contribution in [3.63, 3.8) is 0 Å². The summed E-state index contributed by atoms with van der Waals surface area (Å²) < 4.78 is 37.5. The molecule has 0 aliphatic heterocycles. The Balaban J connectivity index is 2.91. The van der Waals surface area contributed by atoms with E-state index in [0.29, 0.717) is 6.07 Å². The second kappa shape index (κ2) is 5.20. The zero-order chi connectivity index (χ0) is 14.8. The highest BCUT2D eigenvalue weighted by atomic mass is 35.5. The minimum absolute atomic E-state index is 0.0208. The lowest BCUT2D eigenvalue weighted by molar-refractivity contribution is -0.141. The molecule has 106 valence electrons. The quantitative estimate of drug-likeness (QED) is 0.834. The molecule has 0 aromatic carbocycles. The second-order valence-electron chi connectivity index (χ2n) is 4.51. The predicted octanol–water partition coefficient (Wildman–Crippen LogP) is 2.07. The molecule has 19 heavy (non-hydrogen) atoms. The molecule has 9 heteroatoms. The SMILES string of the molecule is CC(C)(CNc1cc(C(F)(F)F)nc(Cl)n1)C(N)=O. The van der Waals surface area contributed by atoms with Gasteiger partial charge in [0.15, 0.2) is 5.69 Å². The fraction of sp³-hybridized carbons (Fsp3) is 0.500. The van der Waals surface area contributed by atoms with Crippen molar-refractivity contribution in [1.29, 1.82) is 0 Å². The highest BCUT2D eigenvalue weighted by Crippen LogP contribution is 2.29. The molecule has 5 nitrogen and oxygen atoms in total. The molecule has 0 saturated carbocycles. The molecular formula is C10H12ClF3N4O. The van der Waals surface area contributed by atoms with E-state index in [1.54, 1.807) is 13.8 Å². The average molecular weight is 297 g/mol. The minimum Gasteiger partial charge on any atom is -0.369 e. The molecule has 1 amide bonds. The molecule has 0 unspecified atom stereocenters. The number of hydrogen-bond donors (Lipinski definition) is 2. The van der Waals surface area contributed by atoms with Gasteiger partial charge in [-0.3, -0.25) is 4.79 Å². The lowest BCUT2D eigenvalue weighted by Gasteiger charge is -2.21. The van der Waals surface area contributed by atoms with Crippen LogP contribution in [0.1, 0.15) is 19.5 Å². The van der Waals surface area contributed by atoms with Crippen molar-refractivity contribution in [2.24, 2.45) is 11.1 Å². The number of halogens is 4. The zero-order valence-corrected chi connectivity index (χ0v) is 10.9. The maximum atomic E-state index is 12.5. The molecule has 0 spiro atoms. The molecule has 1 aromatic heterocycles. The number of alkyl halides is 3. The van der Waals surface area contributed by atoms with E-state index in [-0.39, 0.29) is 12.4 Å². The number of rotatable bonds is 4. The summed E-state index contributed by atoms with van der Waals surface area (Å²) in [5.74, 6) is -0.710. The molecule has 1 aromatic rings. The maximum Gasteiger partial charge on any atom is 0.433 e. The first-order valence-corrected chi connectivity index (χ1v) is 5.56. The van der Waals surface area contributed by atoms with Crippen LogP contribution in [0.2, 0.25) is 5.28 Å². The van der Waals surface area contributed by atoms with Crippen LogP contribution in [0.4, 0.5) is 19.0 Å². The highest BCUT2D eigenvalue weighted by Gasteiger charge is 2.34. The summed E-state index contributed by atoms with van der Waals surface area (Å²) in [5.41, 5.74) is 3.05. The number of nitrogens with two attached hydrogens (primary N) is 1. The van der Waals surface area contributed by atoms with Crippen LogP contribution >= 0.6 is 11.6 Å². The van der Waals surface area contributed by atoms with Crippen LogP contribution < -0.4 is 11.1 Å². The molecule has 0 saturated heterocycles. The van der Waals surface area contributed by atoms with Gasteiger partial charge in [0, 0.05) is 12.6 Å². The maximum absolute atomic E-state index is 12.5. The fourth-order valence-electron chi connectivity index (χ4n) is 1.05. The standard InChI is InChI=1S/C10H12ClF3N4O/c1-9(2,7(15)19)4-16-6-3-5(10(12,13)14)17-8(11)18-6/h3H,4H2,1-2H3,(H2,15,19)(H,16,17,18). The third-order valence-electron chi connectivity index (χ3n) is 2.37. The summed E-state index contributed by atoms with van der Waals surface area (Å²) in [6, 6.07) is 0.711. The first-order valence-electron chi connectivity index (χ1n) is 5.18. The van der Waals surface area contributed by atoms with E-state index in [0.717, 1.165) is 0 Å². The number of hydrogen-bond acceptors (Lipinski definition) is 4. The second-order valence-corrected chi connectivity index (χ2v) is 4.84. The normalized spacial score (nSPS) is 12.3. The summed E-state index contributed by atoms with van der Waals surface area (Å²) in [6.07, 6.45) is -4.62. The summed E-state index contributed by atoms with van der Waals surface area (Å²) in [6.45, 7) is 3.12. The summed E-state index contributed by atoms with van der Waals surface area (Å²) >= 11 is 5.41. The highest BCUT2D eigenvalue weighted by molar-refractivity contribution is 6.28. The van der Waals surface area contributed by atoms with Crippen molar-refractivity contribution in [2.75, 3.05) is 11.9 Å². The Morgan fingerprint density at radius 1 is 1.42 bits per heavy atom. The minimum atomic E-state index is -4.62. The molecule has 0 bridgehead atoms. The van der Waals surface area contributed by atoms with Crippen LogP contribution in [-0.4, -0.2) is 22.4 Å². The van der Waals surface area contributed by atoms with Crippen molar-refractivity contribution in [2.45, 2.75) is 20.0 Å². The summed E-state index contributed by atoms with van der Waals surface area (Å²) in [5, 5.41) is 2.05. The Labute approximate surface area is 112 Å². The van der Waals surface area contributed by atoms with Gasteiger partial charge in [0.25, 0.3) is 0 Å². The van der Waals surface area contributed by atoms with Gasteiger partial charge in [-0.2, -0.15) is 13.2 Å². The Morgan fingerprint density at radius 3 is 2.47 bits per heavy atom. The van der Waals surface area contributed by atoms with Gasteiger partial charge in [0.05, 0.1) is 5.41 Å². The molecule has 0 fully saturated rings. The summed E-state index contributed by atoms with van der Waals surface area (Å²) in [7, 11) is 0. The number of nitrogens with one attached hydrogen (secondary N) is 1. The van der Waals surface area contributed by atoms with Crippen molar-refractivity contribution in [1.82, 2.24) is 9.97 Å². The van der Waals surface area contributed by atoms with Crippen molar-refractivity contribution in [3.8, 4) is 0 Å². The Hall–Kier alpha value is -1.57. The molecule has 0 aliphatic rings. The van der Waals surface area contributed by atoms with Crippen LogP contribution in [-0.2, 0) is 11.0 Å². The topological polar surface area (TPSA) is 80.9 Å². The number of primary amides is 1. The van der Waals surface area contributed by atoms with Crippen LogP contribution in [0.3, 0.4) is 0 Å². The van der Waals surface area contributed by atoms with Gasteiger partial charge in [-0.15, -0.1) is 0 Å². The van der Waals surface area contributed by atoms with E-state index >= 15 is 0 Å². The molecular weight excluding hydrogens is 285 g/mol. The average Bonchev–Trinajstić information content (AvgIpc) is 2.24.